The van der Waals surface area contributed by atoms with E-state index >= 15 is 0 Å². The van der Waals surface area contributed by atoms with Gasteiger partial charge in [0.05, 0.1) is 4.91 Å². The standard InChI is InChI=1S/C28H26N2O3S2/c1-19-11-12-24(20(2)15-19)29-26(31)18-33-23-10-6-9-22(16-23)17-25-27(32)30(28(34)35-25)14-13-21-7-4-3-5-8-21/h3-12,15-17H,13-14,18H2,1-2H3,(H,29,31)/b25-17-. The molecule has 1 heterocycles. The molecule has 1 saturated heterocycles. The maximum Gasteiger partial charge on any atom is 0.266 e. The lowest BCUT2D eigenvalue weighted by Gasteiger charge is -2.14. The van der Waals surface area contributed by atoms with E-state index in [2.05, 4.69) is 5.32 Å². The Morgan fingerprint density at radius 2 is 1.86 bits per heavy atom. The molecule has 5 nitrogen and oxygen atoms in total. The molecule has 0 bridgehead atoms. The number of hydrogen-bond acceptors (Lipinski definition) is 5. The molecule has 0 saturated carbocycles. The van der Waals surface area contributed by atoms with E-state index in [4.69, 9.17) is 17.0 Å². The number of benzene rings is 3. The van der Waals surface area contributed by atoms with Gasteiger partial charge in [-0.2, -0.15) is 0 Å². The van der Waals surface area contributed by atoms with E-state index < -0.39 is 0 Å². The van der Waals surface area contributed by atoms with Crippen molar-refractivity contribution in [2.24, 2.45) is 0 Å². The number of ether oxygens (including phenoxy) is 1. The van der Waals surface area contributed by atoms with E-state index in [-0.39, 0.29) is 18.4 Å². The topological polar surface area (TPSA) is 58.6 Å². The second-order valence-electron chi connectivity index (χ2n) is 8.30. The van der Waals surface area contributed by atoms with Crippen molar-refractivity contribution >= 4 is 51.9 Å². The first-order chi connectivity index (χ1) is 16.9. The van der Waals surface area contributed by atoms with Crippen LogP contribution in [0.3, 0.4) is 0 Å². The Morgan fingerprint density at radius 3 is 2.63 bits per heavy atom. The third-order valence-electron chi connectivity index (χ3n) is 5.52. The first-order valence-electron chi connectivity index (χ1n) is 11.3. The number of anilines is 1. The Morgan fingerprint density at radius 1 is 1.06 bits per heavy atom. The summed E-state index contributed by atoms with van der Waals surface area (Å²) >= 11 is 6.75. The monoisotopic (exact) mass is 502 g/mol. The Bertz CT molecular complexity index is 1290. The molecule has 35 heavy (non-hydrogen) atoms. The van der Waals surface area contributed by atoms with Crippen molar-refractivity contribution in [2.75, 3.05) is 18.5 Å². The van der Waals surface area contributed by atoms with Crippen molar-refractivity contribution in [3.05, 3.63) is 100.0 Å². The normalized spacial score (nSPS) is 14.5. The number of thioether (sulfide) groups is 1. The van der Waals surface area contributed by atoms with Gasteiger partial charge in [0.25, 0.3) is 11.8 Å². The first-order valence-corrected chi connectivity index (χ1v) is 12.5. The molecule has 1 fully saturated rings. The summed E-state index contributed by atoms with van der Waals surface area (Å²) in [4.78, 5) is 27.5. The van der Waals surface area contributed by atoms with Crippen LogP contribution in [0.5, 0.6) is 5.75 Å². The average Bonchev–Trinajstić information content (AvgIpc) is 3.11. The van der Waals surface area contributed by atoms with Gasteiger partial charge < -0.3 is 10.1 Å². The van der Waals surface area contributed by atoms with Crippen molar-refractivity contribution in [2.45, 2.75) is 20.3 Å². The van der Waals surface area contributed by atoms with Crippen LogP contribution in [-0.4, -0.2) is 34.2 Å². The van der Waals surface area contributed by atoms with Gasteiger partial charge in [-0.3, -0.25) is 14.5 Å². The number of amides is 2. The summed E-state index contributed by atoms with van der Waals surface area (Å²) in [5.74, 6) is 0.228. The molecular formula is C28H26N2O3S2. The van der Waals surface area contributed by atoms with Crippen LogP contribution in [0.4, 0.5) is 5.69 Å². The van der Waals surface area contributed by atoms with Crippen LogP contribution < -0.4 is 10.1 Å². The fraction of sp³-hybridized carbons (Fsp3) is 0.179. The summed E-state index contributed by atoms with van der Waals surface area (Å²) in [6.07, 6.45) is 2.55. The van der Waals surface area contributed by atoms with E-state index in [0.29, 0.717) is 21.5 Å². The molecule has 2 amide bonds. The molecule has 1 aliphatic rings. The summed E-state index contributed by atoms with van der Waals surface area (Å²) in [5.41, 5.74) is 4.88. The van der Waals surface area contributed by atoms with Gasteiger partial charge >= 0.3 is 0 Å². The second kappa shape index (κ2) is 11.3. The van der Waals surface area contributed by atoms with E-state index in [0.717, 1.165) is 34.4 Å². The van der Waals surface area contributed by atoms with Crippen LogP contribution in [-0.2, 0) is 16.0 Å². The number of carbonyl (C=O) groups excluding carboxylic acids is 2. The lowest BCUT2D eigenvalue weighted by Crippen LogP contribution is -2.30. The minimum Gasteiger partial charge on any atom is -0.484 e. The SMILES string of the molecule is Cc1ccc(NC(=O)COc2cccc(/C=C3\SC(=S)N(CCc4ccccc4)C3=O)c2)c(C)c1. The van der Waals surface area contributed by atoms with E-state index in [1.54, 1.807) is 17.0 Å². The maximum atomic E-state index is 12.9. The zero-order chi connectivity index (χ0) is 24.8. The molecule has 0 unspecified atom stereocenters. The number of nitrogens with zero attached hydrogens (tertiary/aromatic N) is 1. The van der Waals surface area contributed by atoms with Crippen molar-refractivity contribution in [3.8, 4) is 5.75 Å². The Labute approximate surface area is 215 Å². The Balaban J connectivity index is 1.35. The Hall–Kier alpha value is -3.42. The highest BCUT2D eigenvalue weighted by molar-refractivity contribution is 8.26. The highest BCUT2D eigenvalue weighted by Crippen LogP contribution is 2.33. The largest absolute Gasteiger partial charge is 0.484 e. The summed E-state index contributed by atoms with van der Waals surface area (Å²) in [6.45, 7) is 4.40. The molecule has 0 atom stereocenters. The Kier molecular flexibility index (Phi) is 8.00. The van der Waals surface area contributed by atoms with Crippen molar-refractivity contribution < 1.29 is 14.3 Å². The van der Waals surface area contributed by atoms with Gasteiger partial charge in [0, 0.05) is 12.2 Å². The molecule has 0 spiro atoms. The fourth-order valence-electron chi connectivity index (χ4n) is 3.71. The first kappa shape index (κ1) is 24.7. The molecule has 0 aromatic heterocycles. The number of rotatable bonds is 8. The molecule has 4 rings (SSSR count). The van der Waals surface area contributed by atoms with Gasteiger partial charge in [0.1, 0.15) is 10.1 Å². The van der Waals surface area contributed by atoms with E-state index in [9.17, 15) is 9.59 Å². The molecule has 0 radical (unpaired) electrons. The van der Waals surface area contributed by atoms with E-state index in [1.165, 1.54) is 11.8 Å². The van der Waals surface area contributed by atoms with Crippen LogP contribution >= 0.6 is 24.0 Å². The quantitative estimate of drug-likeness (QED) is 0.313. The predicted octanol–water partition coefficient (Wildman–Crippen LogP) is 5.76. The van der Waals surface area contributed by atoms with Crippen LogP contribution in [0.1, 0.15) is 22.3 Å². The highest BCUT2D eigenvalue weighted by Gasteiger charge is 2.31. The van der Waals surface area contributed by atoms with Crippen LogP contribution in [0.25, 0.3) is 6.08 Å². The van der Waals surface area contributed by atoms with Crippen LogP contribution in [0, 0.1) is 13.8 Å². The second-order valence-corrected chi connectivity index (χ2v) is 9.97. The van der Waals surface area contributed by atoms with Crippen molar-refractivity contribution in [3.63, 3.8) is 0 Å². The summed E-state index contributed by atoms with van der Waals surface area (Å²) in [6, 6.07) is 23.2. The molecule has 3 aromatic rings. The lowest BCUT2D eigenvalue weighted by atomic mass is 10.1. The van der Waals surface area contributed by atoms with Crippen LogP contribution in [0.2, 0.25) is 0 Å². The summed E-state index contributed by atoms with van der Waals surface area (Å²) in [7, 11) is 0. The molecule has 1 aliphatic heterocycles. The summed E-state index contributed by atoms with van der Waals surface area (Å²) in [5, 5.41) is 2.88. The van der Waals surface area contributed by atoms with E-state index in [1.807, 2.05) is 80.6 Å². The van der Waals surface area contributed by atoms with Gasteiger partial charge in [0.2, 0.25) is 0 Å². The third kappa shape index (κ3) is 6.59. The highest BCUT2D eigenvalue weighted by atomic mass is 32.2. The number of thiocarbonyl (C=S) groups is 1. The minimum atomic E-state index is -0.235. The average molecular weight is 503 g/mol. The van der Waals surface area contributed by atoms with Crippen molar-refractivity contribution in [1.29, 1.82) is 0 Å². The number of carbonyl (C=O) groups is 2. The molecule has 7 heteroatoms. The molecule has 178 valence electrons. The zero-order valence-electron chi connectivity index (χ0n) is 19.6. The number of hydrogen-bond donors (Lipinski definition) is 1. The molecule has 1 N–H and O–H groups in total. The molecule has 3 aromatic carbocycles. The fourth-order valence-corrected chi connectivity index (χ4v) is 5.02. The molecular weight excluding hydrogens is 476 g/mol. The summed E-state index contributed by atoms with van der Waals surface area (Å²) < 4.78 is 6.26. The third-order valence-corrected chi connectivity index (χ3v) is 6.90. The predicted molar refractivity (Wildman–Crippen MR) is 147 cm³/mol. The van der Waals surface area contributed by atoms with Gasteiger partial charge in [-0.15, -0.1) is 0 Å². The number of nitrogens with one attached hydrogen (secondary N) is 1. The smallest absolute Gasteiger partial charge is 0.266 e. The van der Waals surface area contributed by atoms with Gasteiger partial charge in [-0.25, -0.2) is 0 Å². The van der Waals surface area contributed by atoms with Crippen molar-refractivity contribution in [1.82, 2.24) is 4.90 Å². The van der Waals surface area contributed by atoms with Gasteiger partial charge in [-0.1, -0.05) is 84.1 Å². The van der Waals surface area contributed by atoms with Crippen LogP contribution in [0.15, 0.2) is 77.7 Å². The van der Waals surface area contributed by atoms with Gasteiger partial charge in [0.15, 0.2) is 6.61 Å². The van der Waals surface area contributed by atoms with Gasteiger partial charge in [-0.05, 0) is 61.2 Å². The lowest BCUT2D eigenvalue weighted by molar-refractivity contribution is -0.122. The number of aryl methyl sites for hydroxylation is 2. The molecule has 0 aliphatic carbocycles. The minimum absolute atomic E-state index is 0.0879. The maximum absolute atomic E-state index is 12.9. The zero-order valence-corrected chi connectivity index (χ0v) is 21.2.